The Labute approximate surface area is 191 Å². The molecule has 0 spiro atoms. The second-order valence-electron chi connectivity index (χ2n) is 8.28. The Morgan fingerprint density at radius 3 is 2.97 bits per heavy atom. The van der Waals surface area contributed by atoms with Crippen molar-refractivity contribution in [2.45, 2.75) is 44.2 Å². The van der Waals surface area contributed by atoms with Gasteiger partial charge in [0.25, 0.3) is 0 Å². The summed E-state index contributed by atoms with van der Waals surface area (Å²) in [6.45, 7) is 1.08. The average Bonchev–Trinajstić information content (AvgIpc) is 3.38. The first-order valence-electron chi connectivity index (χ1n) is 11.1. The Morgan fingerprint density at radius 2 is 2.09 bits per heavy atom. The smallest absolute Gasteiger partial charge is 0.184 e. The molecule has 32 heavy (non-hydrogen) atoms. The second kappa shape index (κ2) is 9.44. The van der Waals surface area contributed by atoms with Gasteiger partial charge in [0.05, 0.1) is 29.0 Å². The van der Waals surface area contributed by atoms with Crippen LogP contribution in [0.5, 0.6) is 5.75 Å². The van der Waals surface area contributed by atoms with Gasteiger partial charge in [0.2, 0.25) is 0 Å². The summed E-state index contributed by atoms with van der Waals surface area (Å²) in [5.41, 5.74) is 4.19. The Morgan fingerprint density at radius 1 is 1.19 bits per heavy atom. The lowest BCUT2D eigenvalue weighted by Gasteiger charge is -2.27. The molecule has 8 heteroatoms. The van der Waals surface area contributed by atoms with Crippen LogP contribution in [0.1, 0.15) is 36.9 Å². The Balaban J connectivity index is 1.31. The van der Waals surface area contributed by atoms with Crippen molar-refractivity contribution in [2.24, 2.45) is 0 Å². The fraction of sp³-hybridized carbons (Fsp3) is 0.417. The molecule has 1 saturated carbocycles. The van der Waals surface area contributed by atoms with E-state index < -0.39 is 0 Å². The molecule has 0 aliphatic heterocycles. The monoisotopic (exact) mass is 452 g/mol. The van der Waals surface area contributed by atoms with Crippen molar-refractivity contribution in [3.63, 3.8) is 0 Å². The first-order valence-corrected chi connectivity index (χ1v) is 11.9. The third-order valence-corrected chi connectivity index (χ3v) is 6.94. The number of hydrogen-bond acceptors (Lipinski definition) is 7. The van der Waals surface area contributed by atoms with E-state index in [9.17, 15) is 5.11 Å². The molecule has 0 radical (unpaired) electrons. The van der Waals surface area contributed by atoms with Crippen LogP contribution in [-0.4, -0.2) is 51.9 Å². The quantitative estimate of drug-likeness (QED) is 0.389. The Bertz CT molecular complexity index is 1200. The lowest BCUT2D eigenvalue weighted by Crippen LogP contribution is -2.36. The summed E-state index contributed by atoms with van der Waals surface area (Å²) >= 11 is 1.65. The molecule has 5 rings (SSSR count). The third kappa shape index (κ3) is 4.57. The predicted molar refractivity (Wildman–Crippen MR) is 127 cm³/mol. The number of imidazole rings is 1. The number of nitrogens with one attached hydrogen (secondary N) is 1. The van der Waals surface area contributed by atoms with Crippen molar-refractivity contribution in [3.05, 3.63) is 54.0 Å². The van der Waals surface area contributed by atoms with Crippen LogP contribution >= 0.6 is 11.3 Å². The van der Waals surface area contributed by atoms with Crippen molar-refractivity contribution in [1.82, 2.24) is 14.4 Å². The highest BCUT2D eigenvalue weighted by Crippen LogP contribution is 2.30. The van der Waals surface area contributed by atoms with E-state index in [1.807, 2.05) is 24.5 Å². The number of ether oxygens (including phenoxy) is 2. The molecule has 7 nitrogen and oxygen atoms in total. The minimum absolute atomic E-state index is 0.102. The number of aliphatic hydroxyl groups is 1. The lowest BCUT2D eigenvalue weighted by molar-refractivity contribution is 0.116. The number of anilines is 1. The molecule has 4 aromatic rings. The fourth-order valence-electron chi connectivity index (χ4n) is 4.27. The van der Waals surface area contributed by atoms with Crippen molar-refractivity contribution in [2.75, 3.05) is 25.6 Å². The van der Waals surface area contributed by atoms with Crippen LogP contribution in [-0.2, 0) is 11.2 Å². The standard InChI is InChI=1S/C24H28N4O3S/c1-30-10-11-31-18-8-9-28-17(15-25-23(28)14-18)12-16-6-7-20-22(13-16)32-24(27-20)26-19-4-2-3-5-21(19)29/h6-9,13-15,19,21,29H,2-5,10-12H2,1H3,(H,26,27). The molecular formula is C24H28N4O3S. The zero-order valence-electron chi connectivity index (χ0n) is 18.2. The predicted octanol–water partition coefficient (Wildman–Crippen LogP) is 4.28. The van der Waals surface area contributed by atoms with Crippen molar-refractivity contribution in [3.8, 4) is 5.75 Å². The second-order valence-corrected chi connectivity index (χ2v) is 9.31. The molecule has 1 aliphatic carbocycles. The van der Waals surface area contributed by atoms with Crippen LogP contribution in [0.4, 0.5) is 5.13 Å². The topological polar surface area (TPSA) is 80.9 Å². The van der Waals surface area contributed by atoms with Gasteiger partial charge in [0, 0.05) is 37.7 Å². The fourth-order valence-corrected chi connectivity index (χ4v) is 5.26. The van der Waals surface area contributed by atoms with Crippen molar-refractivity contribution >= 4 is 32.3 Å². The number of pyridine rings is 1. The maximum Gasteiger partial charge on any atom is 0.184 e. The number of aromatic nitrogens is 3. The highest BCUT2D eigenvalue weighted by molar-refractivity contribution is 7.22. The average molecular weight is 453 g/mol. The van der Waals surface area contributed by atoms with Crippen molar-refractivity contribution in [1.29, 1.82) is 0 Å². The first-order chi connectivity index (χ1) is 15.7. The summed E-state index contributed by atoms with van der Waals surface area (Å²) in [7, 11) is 1.66. The van der Waals surface area contributed by atoms with Crippen LogP contribution in [0.15, 0.2) is 42.7 Å². The van der Waals surface area contributed by atoms with Gasteiger partial charge in [-0.1, -0.05) is 30.2 Å². The molecule has 2 atom stereocenters. The number of nitrogens with zero attached hydrogens (tertiary/aromatic N) is 3. The number of thiazole rings is 1. The van der Waals surface area contributed by atoms with E-state index >= 15 is 0 Å². The molecule has 168 valence electrons. The molecule has 3 heterocycles. The number of rotatable bonds is 8. The molecule has 1 aromatic carbocycles. The third-order valence-electron chi connectivity index (χ3n) is 5.99. The zero-order chi connectivity index (χ0) is 21.9. The van der Waals surface area contributed by atoms with Crippen LogP contribution in [0.3, 0.4) is 0 Å². The maximum absolute atomic E-state index is 10.2. The van der Waals surface area contributed by atoms with Gasteiger partial charge in [-0.2, -0.15) is 0 Å². The Kier molecular flexibility index (Phi) is 6.25. The van der Waals surface area contributed by atoms with Gasteiger partial charge in [0.15, 0.2) is 5.13 Å². The lowest BCUT2D eigenvalue weighted by atomic mass is 9.93. The number of fused-ring (bicyclic) bond motifs is 2. The highest BCUT2D eigenvalue weighted by atomic mass is 32.1. The Hall–Kier alpha value is -2.68. The van der Waals surface area contributed by atoms with Crippen molar-refractivity contribution < 1.29 is 14.6 Å². The number of hydrogen-bond donors (Lipinski definition) is 2. The van der Waals surface area contributed by atoms with Gasteiger partial charge in [-0.25, -0.2) is 9.97 Å². The summed E-state index contributed by atoms with van der Waals surface area (Å²) in [4.78, 5) is 9.28. The van der Waals surface area contributed by atoms with E-state index in [0.29, 0.717) is 13.2 Å². The number of methoxy groups -OCH3 is 1. The number of aliphatic hydroxyl groups excluding tert-OH is 1. The van der Waals surface area contributed by atoms with E-state index in [-0.39, 0.29) is 12.1 Å². The van der Waals surface area contributed by atoms with E-state index in [0.717, 1.165) is 64.5 Å². The minimum atomic E-state index is -0.285. The van der Waals surface area contributed by atoms with Gasteiger partial charge in [-0.05, 0) is 36.6 Å². The molecule has 2 unspecified atom stereocenters. The first kappa shape index (κ1) is 21.2. The number of benzene rings is 1. The maximum atomic E-state index is 10.2. The van der Waals surface area contributed by atoms with E-state index in [4.69, 9.17) is 14.5 Å². The van der Waals surface area contributed by atoms with Crippen LogP contribution in [0, 0.1) is 0 Å². The van der Waals surface area contributed by atoms with Gasteiger partial charge < -0.3 is 24.3 Å². The molecule has 2 N–H and O–H groups in total. The normalized spacial score (nSPS) is 18.9. The minimum Gasteiger partial charge on any atom is -0.491 e. The summed E-state index contributed by atoms with van der Waals surface area (Å²) in [6.07, 6.45) is 8.54. The summed E-state index contributed by atoms with van der Waals surface area (Å²) in [6, 6.07) is 10.4. The molecule has 1 aliphatic rings. The summed E-state index contributed by atoms with van der Waals surface area (Å²) in [5, 5.41) is 14.6. The van der Waals surface area contributed by atoms with Gasteiger partial charge in [-0.3, -0.25) is 0 Å². The summed E-state index contributed by atoms with van der Waals surface area (Å²) < 4.78 is 14.0. The van der Waals surface area contributed by atoms with E-state index in [2.05, 4.69) is 32.9 Å². The van der Waals surface area contributed by atoms with Gasteiger partial charge >= 0.3 is 0 Å². The summed E-state index contributed by atoms with van der Waals surface area (Å²) in [5.74, 6) is 0.792. The van der Waals surface area contributed by atoms with Gasteiger partial charge in [0.1, 0.15) is 18.0 Å². The highest BCUT2D eigenvalue weighted by Gasteiger charge is 2.23. The molecule has 0 amide bonds. The van der Waals surface area contributed by atoms with Crippen LogP contribution in [0.2, 0.25) is 0 Å². The van der Waals surface area contributed by atoms with Crippen LogP contribution < -0.4 is 10.1 Å². The molecule has 1 fully saturated rings. The van der Waals surface area contributed by atoms with E-state index in [1.54, 1.807) is 18.4 Å². The molecule has 0 saturated heterocycles. The SMILES string of the molecule is COCCOc1ccn2c(Cc3ccc4nc(NC5CCCCC5O)sc4c3)cnc2c1. The molecular weight excluding hydrogens is 424 g/mol. The zero-order valence-corrected chi connectivity index (χ0v) is 19.0. The molecule has 3 aromatic heterocycles. The molecule has 0 bridgehead atoms. The van der Waals surface area contributed by atoms with E-state index in [1.165, 1.54) is 5.56 Å². The van der Waals surface area contributed by atoms with Crippen LogP contribution in [0.25, 0.3) is 15.9 Å². The largest absolute Gasteiger partial charge is 0.491 e. The van der Waals surface area contributed by atoms with Gasteiger partial charge in [-0.15, -0.1) is 0 Å².